The van der Waals surface area contributed by atoms with Crippen LogP contribution in [0.1, 0.15) is 0 Å². The van der Waals surface area contributed by atoms with E-state index in [1.807, 2.05) is 24.3 Å². The van der Waals surface area contributed by atoms with Gasteiger partial charge >= 0.3 is 0 Å². The van der Waals surface area contributed by atoms with E-state index >= 15 is 0 Å². The molecule has 8 aromatic rings. The number of anilines is 3. The number of hydrogen-bond acceptors (Lipinski definition) is 4. The molecule has 6 aromatic carbocycles. The van der Waals surface area contributed by atoms with E-state index in [0.717, 1.165) is 67.0 Å². The zero-order valence-electron chi connectivity index (χ0n) is 22.5. The number of benzene rings is 6. The molecule has 42 heavy (non-hydrogen) atoms. The number of fused-ring (bicyclic) bond motifs is 9. The van der Waals surface area contributed by atoms with E-state index in [-0.39, 0.29) is 0 Å². The van der Waals surface area contributed by atoms with E-state index < -0.39 is 0 Å². The summed E-state index contributed by atoms with van der Waals surface area (Å²) in [5.74, 6) is 1.33. The number of imidazole rings is 1. The Balaban J connectivity index is 1.45. The lowest BCUT2D eigenvalue weighted by atomic mass is 9.97. The Labute approximate surface area is 242 Å². The number of nitrogens with zero attached hydrogens (tertiary/aromatic N) is 5. The van der Waals surface area contributed by atoms with Crippen LogP contribution in [0.2, 0.25) is 0 Å². The molecule has 0 saturated heterocycles. The molecule has 196 valence electrons. The average Bonchev–Trinajstić information content (AvgIpc) is 3.38. The van der Waals surface area contributed by atoms with Crippen molar-refractivity contribution < 1.29 is 0 Å². The minimum absolute atomic E-state index is 0.577. The molecule has 1 aliphatic heterocycles. The lowest BCUT2D eigenvalue weighted by molar-refractivity contribution is 1.01. The molecule has 0 unspecified atom stereocenters. The summed E-state index contributed by atoms with van der Waals surface area (Å²) in [5, 5.41) is 3.34. The molecule has 1 aliphatic rings. The molecule has 0 fully saturated rings. The molecule has 0 bridgehead atoms. The Bertz CT molecular complexity index is 2320. The first-order valence-electron chi connectivity index (χ1n) is 14.1. The van der Waals surface area contributed by atoms with Gasteiger partial charge in [-0.15, -0.1) is 0 Å². The molecule has 0 radical (unpaired) electrons. The standard InChI is InChI=1S/C37H23N5/c1-2-12-24(13-3-1)35-28-17-6-8-18-30(28)38-36(40-35)42-34-23-26-15-5-4-14-25(26)22-29(34)27-16-7-10-20-32(27)41-33-21-11-9-19-31(33)39-37(41)42/h1-23H. The summed E-state index contributed by atoms with van der Waals surface area (Å²) < 4.78 is 2.25. The van der Waals surface area contributed by atoms with Gasteiger partial charge in [-0.3, -0.25) is 4.57 Å². The van der Waals surface area contributed by atoms with Gasteiger partial charge in [0.15, 0.2) is 0 Å². The van der Waals surface area contributed by atoms with Crippen LogP contribution in [0.4, 0.5) is 17.6 Å². The number of hydrogen-bond donors (Lipinski definition) is 0. The van der Waals surface area contributed by atoms with Gasteiger partial charge in [0.1, 0.15) is 0 Å². The Kier molecular flexibility index (Phi) is 4.83. The molecule has 0 N–H and O–H groups in total. The molecular weight excluding hydrogens is 514 g/mol. The van der Waals surface area contributed by atoms with Gasteiger partial charge in [-0.2, -0.15) is 0 Å². The molecule has 0 atom stereocenters. The second-order valence-corrected chi connectivity index (χ2v) is 10.6. The Hall–Kier alpha value is -5.81. The van der Waals surface area contributed by atoms with Gasteiger partial charge in [0.25, 0.3) is 0 Å². The molecule has 5 heteroatoms. The van der Waals surface area contributed by atoms with Crippen molar-refractivity contribution in [1.29, 1.82) is 0 Å². The molecule has 9 rings (SSSR count). The third kappa shape index (κ3) is 3.34. The van der Waals surface area contributed by atoms with Crippen molar-refractivity contribution in [1.82, 2.24) is 19.5 Å². The second kappa shape index (κ2) is 8.85. The van der Waals surface area contributed by atoms with Gasteiger partial charge in [0.2, 0.25) is 11.9 Å². The molecule has 2 aromatic heterocycles. The highest BCUT2D eigenvalue weighted by Crippen LogP contribution is 2.48. The van der Waals surface area contributed by atoms with Crippen LogP contribution in [0.5, 0.6) is 0 Å². The van der Waals surface area contributed by atoms with Crippen LogP contribution in [-0.4, -0.2) is 19.5 Å². The molecular formula is C37H23N5. The molecule has 0 saturated carbocycles. The van der Waals surface area contributed by atoms with E-state index in [9.17, 15) is 0 Å². The van der Waals surface area contributed by atoms with Gasteiger partial charge in [0.05, 0.1) is 33.6 Å². The van der Waals surface area contributed by atoms with Gasteiger partial charge in [-0.1, -0.05) is 103 Å². The fourth-order valence-electron chi connectivity index (χ4n) is 6.21. The first-order valence-corrected chi connectivity index (χ1v) is 14.1. The average molecular weight is 538 g/mol. The molecule has 5 nitrogen and oxygen atoms in total. The zero-order valence-corrected chi connectivity index (χ0v) is 22.5. The SMILES string of the molecule is c1ccc(-c2nc(N3c4cc5ccccc5cc4-c4ccccc4-n4c3nc3ccccc34)nc3ccccc23)cc1. The lowest BCUT2D eigenvalue weighted by Gasteiger charge is -2.24. The van der Waals surface area contributed by atoms with Crippen LogP contribution in [0.3, 0.4) is 0 Å². The highest BCUT2D eigenvalue weighted by molar-refractivity contribution is 6.02. The normalized spacial score (nSPS) is 12.2. The predicted octanol–water partition coefficient (Wildman–Crippen LogP) is 9.24. The van der Waals surface area contributed by atoms with E-state index in [1.165, 1.54) is 5.39 Å². The van der Waals surface area contributed by atoms with Gasteiger partial charge in [-0.05, 0) is 47.2 Å². The second-order valence-electron chi connectivity index (χ2n) is 10.6. The number of aromatic nitrogens is 4. The van der Waals surface area contributed by atoms with Crippen LogP contribution in [0, 0.1) is 0 Å². The summed E-state index contributed by atoms with van der Waals surface area (Å²) in [6.07, 6.45) is 0. The van der Waals surface area contributed by atoms with Gasteiger partial charge < -0.3 is 0 Å². The Morgan fingerprint density at radius 2 is 1.17 bits per heavy atom. The van der Waals surface area contributed by atoms with Gasteiger partial charge in [-0.25, -0.2) is 19.9 Å². The first-order chi connectivity index (χ1) is 20.8. The van der Waals surface area contributed by atoms with Crippen molar-refractivity contribution in [2.24, 2.45) is 0 Å². The smallest absolute Gasteiger partial charge is 0.238 e. The van der Waals surface area contributed by atoms with Crippen molar-refractivity contribution in [3.05, 3.63) is 140 Å². The quantitative estimate of drug-likeness (QED) is 0.220. The van der Waals surface area contributed by atoms with Crippen molar-refractivity contribution >= 4 is 50.3 Å². The summed E-state index contributed by atoms with van der Waals surface area (Å²) in [4.78, 5) is 17.9. The van der Waals surface area contributed by atoms with Crippen molar-refractivity contribution in [3.8, 4) is 28.1 Å². The molecule has 3 heterocycles. The highest BCUT2D eigenvalue weighted by atomic mass is 15.4. The summed E-state index contributed by atoms with van der Waals surface area (Å²) >= 11 is 0. The Morgan fingerprint density at radius 3 is 2.05 bits per heavy atom. The van der Waals surface area contributed by atoms with Crippen LogP contribution in [0.15, 0.2) is 140 Å². The van der Waals surface area contributed by atoms with Crippen molar-refractivity contribution in [3.63, 3.8) is 0 Å². The molecule has 0 spiro atoms. The fraction of sp³-hybridized carbons (Fsp3) is 0. The summed E-state index contributed by atoms with van der Waals surface area (Å²) in [7, 11) is 0. The predicted molar refractivity (Wildman–Crippen MR) is 171 cm³/mol. The first kappa shape index (κ1) is 22.9. The summed E-state index contributed by atoms with van der Waals surface area (Å²) in [5.41, 5.74) is 9.07. The van der Waals surface area contributed by atoms with E-state index in [1.54, 1.807) is 0 Å². The molecule has 0 amide bonds. The lowest BCUT2D eigenvalue weighted by Crippen LogP contribution is -2.17. The van der Waals surface area contributed by atoms with Crippen molar-refractivity contribution in [2.75, 3.05) is 4.90 Å². The molecule has 0 aliphatic carbocycles. The Morgan fingerprint density at radius 1 is 0.476 bits per heavy atom. The van der Waals surface area contributed by atoms with Crippen LogP contribution in [-0.2, 0) is 0 Å². The summed E-state index contributed by atoms with van der Waals surface area (Å²) in [6.45, 7) is 0. The maximum absolute atomic E-state index is 5.31. The number of rotatable bonds is 2. The van der Waals surface area contributed by atoms with Crippen LogP contribution >= 0.6 is 0 Å². The minimum Gasteiger partial charge on any atom is -0.277 e. The maximum Gasteiger partial charge on any atom is 0.238 e. The monoisotopic (exact) mass is 537 g/mol. The van der Waals surface area contributed by atoms with E-state index in [0.29, 0.717) is 5.95 Å². The summed E-state index contributed by atoms with van der Waals surface area (Å²) in [6, 6.07) is 48.5. The maximum atomic E-state index is 5.31. The zero-order chi connectivity index (χ0) is 27.6. The third-order valence-electron chi connectivity index (χ3n) is 8.12. The van der Waals surface area contributed by atoms with E-state index in [4.69, 9.17) is 15.0 Å². The topological polar surface area (TPSA) is 46.8 Å². The van der Waals surface area contributed by atoms with Crippen molar-refractivity contribution in [2.45, 2.75) is 0 Å². The minimum atomic E-state index is 0.577. The van der Waals surface area contributed by atoms with Gasteiger partial charge in [0, 0.05) is 22.1 Å². The van der Waals surface area contributed by atoms with Crippen LogP contribution < -0.4 is 4.90 Å². The number of para-hydroxylation sites is 4. The largest absolute Gasteiger partial charge is 0.277 e. The third-order valence-corrected chi connectivity index (χ3v) is 8.12. The van der Waals surface area contributed by atoms with E-state index in [2.05, 4.69) is 125 Å². The van der Waals surface area contributed by atoms with Crippen LogP contribution in [0.25, 0.3) is 60.8 Å². The highest BCUT2D eigenvalue weighted by Gasteiger charge is 2.31. The fourth-order valence-corrected chi connectivity index (χ4v) is 6.21.